The van der Waals surface area contributed by atoms with E-state index >= 15 is 0 Å². The highest BCUT2D eigenvalue weighted by molar-refractivity contribution is 5.80. The van der Waals surface area contributed by atoms with Gasteiger partial charge in [0.1, 0.15) is 5.75 Å². The van der Waals surface area contributed by atoms with Crippen LogP contribution in [0.1, 0.15) is 30.9 Å². The van der Waals surface area contributed by atoms with Crippen LogP contribution in [0, 0.1) is 13.8 Å². The molecule has 4 nitrogen and oxygen atoms in total. The second-order valence-corrected chi connectivity index (χ2v) is 5.41. The molecule has 2 atom stereocenters. The van der Waals surface area contributed by atoms with Crippen molar-refractivity contribution in [1.82, 2.24) is 5.32 Å². The number of aryl methyl sites for hydroxylation is 2. The Balaban J connectivity index is 1.83. The van der Waals surface area contributed by atoms with Gasteiger partial charge in [0.2, 0.25) is 0 Å². The minimum Gasteiger partial charge on any atom is -0.481 e. The number of nitrogens with one attached hydrogen (secondary N) is 1. The van der Waals surface area contributed by atoms with Crippen molar-refractivity contribution in [3.05, 3.63) is 29.3 Å². The Morgan fingerprint density at radius 3 is 2.95 bits per heavy atom. The Labute approximate surface area is 120 Å². The van der Waals surface area contributed by atoms with E-state index in [1.165, 1.54) is 5.56 Å². The van der Waals surface area contributed by atoms with E-state index in [0.29, 0.717) is 6.54 Å². The number of ether oxygens (including phenoxy) is 2. The second-order valence-electron chi connectivity index (χ2n) is 5.41. The standard InChI is InChI=1S/C16H23NO3/c1-11-6-7-15(12(2)9-11)20-13(3)16(18)17-10-14-5-4-8-19-14/h6-7,9,13-14H,4-5,8,10H2,1-3H3,(H,17,18)/t13-,14+/m0/s1. The summed E-state index contributed by atoms with van der Waals surface area (Å²) in [4.78, 5) is 12.0. The van der Waals surface area contributed by atoms with Crippen molar-refractivity contribution in [2.75, 3.05) is 13.2 Å². The van der Waals surface area contributed by atoms with Crippen molar-refractivity contribution >= 4 is 5.91 Å². The van der Waals surface area contributed by atoms with Crippen LogP contribution in [0.2, 0.25) is 0 Å². The Bertz CT molecular complexity index is 467. The molecule has 1 aromatic rings. The highest BCUT2D eigenvalue weighted by atomic mass is 16.5. The zero-order valence-corrected chi connectivity index (χ0v) is 12.4. The van der Waals surface area contributed by atoms with Gasteiger partial charge < -0.3 is 14.8 Å². The maximum Gasteiger partial charge on any atom is 0.260 e. The fourth-order valence-corrected chi connectivity index (χ4v) is 2.34. The van der Waals surface area contributed by atoms with Crippen LogP contribution >= 0.6 is 0 Å². The molecule has 1 aliphatic rings. The third-order valence-electron chi connectivity index (χ3n) is 3.53. The Kier molecular flexibility index (Phi) is 5.01. The van der Waals surface area contributed by atoms with Crippen molar-refractivity contribution in [3.63, 3.8) is 0 Å². The van der Waals surface area contributed by atoms with E-state index < -0.39 is 6.10 Å². The first-order valence-electron chi connectivity index (χ1n) is 7.19. The molecule has 1 N–H and O–H groups in total. The average molecular weight is 277 g/mol. The third-order valence-corrected chi connectivity index (χ3v) is 3.53. The predicted octanol–water partition coefficient (Wildman–Crippen LogP) is 2.37. The van der Waals surface area contributed by atoms with Crippen molar-refractivity contribution in [2.24, 2.45) is 0 Å². The Morgan fingerprint density at radius 1 is 1.50 bits per heavy atom. The van der Waals surface area contributed by atoms with E-state index in [1.54, 1.807) is 6.92 Å². The molecule has 0 bridgehead atoms. The first kappa shape index (κ1) is 14.9. The second kappa shape index (κ2) is 6.75. The van der Waals surface area contributed by atoms with Crippen molar-refractivity contribution in [3.8, 4) is 5.75 Å². The summed E-state index contributed by atoms with van der Waals surface area (Å²) in [5.74, 6) is 0.663. The summed E-state index contributed by atoms with van der Waals surface area (Å²) in [5, 5.41) is 2.89. The van der Waals surface area contributed by atoms with Gasteiger partial charge in [-0.1, -0.05) is 17.7 Å². The summed E-state index contributed by atoms with van der Waals surface area (Å²) < 4.78 is 11.2. The quantitative estimate of drug-likeness (QED) is 0.899. The van der Waals surface area contributed by atoms with Gasteiger partial charge in [-0.3, -0.25) is 4.79 Å². The molecule has 4 heteroatoms. The zero-order valence-electron chi connectivity index (χ0n) is 12.4. The SMILES string of the molecule is Cc1ccc(O[C@@H](C)C(=O)NC[C@H]2CCCO2)c(C)c1. The molecule has 2 rings (SSSR count). The Morgan fingerprint density at radius 2 is 2.30 bits per heavy atom. The summed E-state index contributed by atoms with van der Waals surface area (Å²) >= 11 is 0. The molecular formula is C16H23NO3. The normalized spacial score (nSPS) is 19.6. The lowest BCUT2D eigenvalue weighted by Gasteiger charge is -2.18. The molecule has 1 heterocycles. The minimum atomic E-state index is -0.502. The number of amides is 1. The number of carbonyl (C=O) groups is 1. The van der Waals surface area contributed by atoms with Crippen molar-refractivity contribution < 1.29 is 14.3 Å². The molecular weight excluding hydrogens is 254 g/mol. The molecule has 110 valence electrons. The van der Waals surface area contributed by atoms with Gasteiger partial charge in [0.15, 0.2) is 6.10 Å². The van der Waals surface area contributed by atoms with Crippen LogP contribution < -0.4 is 10.1 Å². The monoisotopic (exact) mass is 277 g/mol. The summed E-state index contributed by atoms with van der Waals surface area (Å²) in [6.07, 6.45) is 1.76. The molecule has 0 unspecified atom stereocenters. The van der Waals surface area contributed by atoms with E-state index in [0.717, 1.165) is 30.8 Å². The van der Waals surface area contributed by atoms with Crippen molar-refractivity contribution in [1.29, 1.82) is 0 Å². The first-order chi connectivity index (χ1) is 9.56. The van der Waals surface area contributed by atoms with Crippen LogP contribution in [0.3, 0.4) is 0 Å². The lowest BCUT2D eigenvalue weighted by molar-refractivity contribution is -0.127. The van der Waals surface area contributed by atoms with Gasteiger partial charge in [0.05, 0.1) is 6.10 Å². The van der Waals surface area contributed by atoms with Crippen LogP contribution in [0.4, 0.5) is 0 Å². The first-order valence-corrected chi connectivity index (χ1v) is 7.19. The molecule has 0 aliphatic carbocycles. The van der Waals surface area contributed by atoms with Gasteiger partial charge in [-0.2, -0.15) is 0 Å². The van der Waals surface area contributed by atoms with Gasteiger partial charge in [0, 0.05) is 13.2 Å². The zero-order chi connectivity index (χ0) is 14.5. The number of rotatable bonds is 5. The molecule has 1 amide bonds. The average Bonchev–Trinajstić information content (AvgIpc) is 2.92. The molecule has 20 heavy (non-hydrogen) atoms. The van der Waals surface area contributed by atoms with Crippen LogP contribution in [0.25, 0.3) is 0 Å². The molecule has 1 saturated heterocycles. The van der Waals surface area contributed by atoms with Gasteiger partial charge >= 0.3 is 0 Å². The van der Waals surface area contributed by atoms with Gasteiger partial charge in [-0.25, -0.2) is 0 Å². The number of hydrogen-bond donors (Lipinski definition) is 1. The van der Waals surface area contributed by atoms with E-state index in [9.17, 15) is 4.79 Å². The summed E-state index contributed by atoms with van der Waals surface area (Å²) in [6.45, 7) is 7.16. The smallest absolute Gasteiger partial charge is 0.260 e. The molecule has 0 spiro atoms. The number of hydrogen-bond acceptors (Lipinski definition) is 3. The molecule has 0 saturated carbocycles. The summed E-state index contributed by atoms with van der Waals surface area (Å²) in [6, 6.07) is 5.94. The fraction of sp³-hybridized carbons (Fsp3) is 0.562. The molecule has 1 fully saturated rings. The summed E-state index contributed by atoms with van der Waals surface area (Å²) in [7, 11) is 0. The largest absolute Gasteiger partial charge is 0.481 e. The van der Waals surface area contributed by atoms with E-state index in [-0.39, 0.29) is 12.0 Å². The molecule has 0 aromatic heterocycles. The fourth-order valence-electron chi connectivity index (χ4n) is 2.34. The highest BCUT2D eigenvalue weighted by Gasteiger charge is 2.19. The van der Waals surface area contributed by atoms with Gasteiger partial charge in [-0.05, 0) is 45.2 Å². The molecule has 0 radical (unpaired) electrons. The summed E-state index contributed by atoms with van der Waals surface area (Å²) in [5.41, 5.74) is 2.23. The van der Waals surface area contributed by atoms with E-state index in [4.69, 9.17) is 9.47 Å². The lowest BCUT2D eigenvalue weighted by Crippen LogP contribution is -2.40. The van der Waals surface area contributed by atoms with Crippen LogP contribution in [0.5, 0.6) is 5.75 Å². The van der Waals surface area contributed by atoms with Gasteiger partial charge in [-0.15, -0.1) is 0 Å². The topological polar surface area (TPSA) is 47.6 Å². The van der Waals surface area contributed by atoms with E-state index in [2.05, 4.69) is 5.32 Å². The van der Waals surface area contributed by atoms with Crippen molar-refractivity contribution in [2.45, 2.75) is 45.8 Å². The minimum absolute atomic E-state index is 0.0968. The number of benzene rings is 1. The maximum atomic E-state index is 12.0. The predicted molar refractivity (Wildman–Crippen MR) is 78.0 cm³/mol. The van der Waals surface area contributed by atoms with Crippen LogP contribution in [0.15, 0.2) is 18.2 Å². The molecule has 1 aliphatic heterocycles. The molecule has 1 aromatic carbocycles. The van der Waals surface area contributed by atoms with Crippen LogP contribution in [-0.2, 0) is 9.53 Å². The lowest BCUT2D eigenvalue weighted by atomic mass is 10.1. The maximum absolute atomic E-state index is 12.0. The highest BCUT2D eigenvalue weighted by Crippen LogP contribution is 2.20. The van der Waals surface area contributed by atoms with Crippen LogP contribution in [-0.4, -0.2) is 31.3 Å². The van der Waals surface area contributed by atoms with E-state index in [1.807, 2.05) is 32.0 Å². The Hall–Kier alpha value is -1.55. The third kappa shape index (κ3) is 3.97. The van der Waals surface area contributed by atoms with Gasteiger partial charge in [0.25, 0.3) is 5.91 Å². The number of carbonyl (C=O) groups excluding carboxylic acids is 1.